The smallest absolute Gasteiger partial charge is 0.324 e. The molecule has 8 rings (SSSR count). The molecule has 3 N–H and O–H groups in total. The number of phenolic OH excluding ortho intramolecular Hbond substituents is 1. The van der Waals surface area contributed by atoms with E-state index in [0.29, 0.717) is 54.6 Å². The first-order valence-electron chi connectivity index (χ1n) is 25.0. The highest BCUT2D eigenvalue weighted by molar-refractivity contribution is 6.01. The molecule has 0 saturated carbocycles. The third kappa shape index (κ3) is 11.3. The SMILES string of the molecule is CCn1c(-c2cccnc2[C@H](C)OC)c2c3cc(ccc31)-c1cc(O)cc(c1)C[C@H](NC(=O)C(=C(C)C)N(C)C(=O)CN(C)C(=O)[C@H]1CN1Cc1ccccc1F)C(=O)N1CCC[C@H](N1)C(=O)OCC(C)(C)C2. The zero-order valence-corrected chi connectivity index (χ0v) is 43.3. The number of nitrogens with one attached hydrogen (secondary N) is 2. The van der Waals surface area contributed by atoms with Gasteiger partial charge in [-0.25, -0.2) is 9.82 Å². The van der Waals surface area contributed by atoms with Crippen molar-refractivity contribution in [1.29, 1.82) is 0 Å². The number of ether oxygens (including phenoxy) is 2. The van der Waals surface area contributed by atoms with Crippen LogP contribution in [0, 0.1) is 11.2 Å². The Bertz CT molecular complexity index is 2980. The molecule has 0 aliphatic carbocycles. The third-order valence-corrected chi connectivity index (χ3v) is 14.1. The van der Waals surface area contributed by atoms with Crippen LogP contribution in [0.2, 0.25) is 0 Å². The summed E-state index contributed by atoms with van der Waals surface area (Å²) in [4.78, 5) is 79.7. The van der Waals surface area contributed by atoms with Gasteiger partial charge in [-0.1, -0.05) is 44.2 Å². The molecule has 3 aliphatic heterocycles. The van der Waals surface area contributed by atoms with Crippen molar-refractivity contribution < 1.29 is 42.9 Å². The predicted molar refractivity (Wildman–Crippen MR) is 275 cm³/mol. The number of rotatable bonds is 12. The van der Waals surface area contributed by atoms with Crippen molar-refractivity contribution in [3.8, 4) is 28.1 Å². The maximum absolute atomic E-state index is 14.8. The normalized spacial score (nSPS) is 20.1. The molecule has 4 amide bonds. The van der Waals surface area contributed by atoms with Gasteiger partial charge in [0.15, 0.2) is 0 Å². The number of nitrogens with zero attached hydrogens (tertiary/aromatic N) is 6. The maximum atomic E-state index is 14.8. The number of aromatic nitrogens is 2. The average Bonchev–Trinajstić information content (AvgIpc) is 4.07. The Kier molecular flexibility index (Phi) is 15.5. The minimum Gasteiger partial charge on any atom is -0.508 e. The monoisotopic (exact) mass is 999 g/mol. The number of allylic oxidation sites excluding steroid dienone is 1. The number of benzene rings is 3. The van der Waals surface area contributed by atoms with Gasteiger partial charge in [-0.3, -0.25) is 38.9 Å². The van der Waals surface area contributed by atoms with Gasteiger partial charge in [-0.05, 0) is 117 Å². The molecular weight excluding hydrogens is 932 g/mol. The van der Waals surface area contributed by atoms with Crippen LogP contribution in [-0.4, -0.2) is 130 Å². The number of carbonyl (C=O) groups excluding carboxylic acids is 5. The van der Waals surface area contributed by atoms with Crippen LogP contribution < -0.4 is 10.7 Å². The fourth-order valence-electron chi connectivity index (χ4n) is 10.2. The number of hydrogen-bond acceptors (Lipinski definition) is 11. The molecule has 0 spiro atoms. The second-order valence-corrected chi connectivity index (χ2v) is 20.5. The third-order valence-electron chi connectivity index (χ3n) is 14.1. The number of likely N-dealkylation sites (N-methyl/N-ethyl adjacent to an activating group) is 2. The standard InChI is InChI=1S/C56H67FN8O8/c1-10-64-46-20-19-36-27-41(46)42(51(64)40-16-13-21-58-49(40)34(4)72-9)28-56(5,6)32-73-55(71)44-18-14-22-65(60-44)53(69)45(25-35-23-38(36)26-39(66)24-35)59-52(68)50(33(2)3)62(8)48(67)31-61(7)54(70)47-30-63(47)29-37-15-11-12-17-43(37)57/h11-13,15-17,19-21,23-24,26-27,34,44-45,47,60,66H,10,14,18,22,25,28-32H2,1-9H3,(H,59,68)/t34-,44-,45-,47+,63?/m0/s1. The summed E-state index contributed by atoms with van der Waals surface area (Å²) in [6.45, 7) is 12.8. The van der Waals surface area contributed by atoms with E-state index in [0.717, 1.165) is 39.0 Å². The summed E-state index contributed by atoms with van der Waals surface area (Å²) in [5.74, 6) is -3.03. The number of esters is 1. The zero-order chi connectivity index (χ0) is 52.5. The summed E-state index contributed by atoms with van der Waals surface area (Å²) < 4.78 is 28.5. The molecular formula is C56H67FN8O8. The largest absolute Gasteiger partial charge is 0.508 e. The fraction of sp³-hybridized carbons (Fsp3) is 0.429. The summed E-state index contributed by atoms with van der Waals surface area (Å²) in [7, 11) is 4.61. The number of hydrogen-bond donors (Lipinski definition) is 3. The molecule has 0 radical (unpaired) electrons. The summed E-state index contributed by atoms with van der Waals surface area (Å²) in [6.07, 6.45) is 2.79. The van der Waals surface area contributed by atoms with Crippen molar-refractivity contribution in [2.75, 3.05) is 47.4 Å². The highest BCUT2D eigenvalue weighted by Gasteiger charge is 2.43. The van der Waals surface area contributed by atoms with Crippen LogP contribution in [0.4, 0.5) is 4.39 Å². The minimum absolute atomic E-state index is 0.0180. The van der Waals surface area contributed by atoms with Crippen LogP contribution in [0.5, 0.6) is 5.75 Å². The van der Waals surface area contributed by atoms with Gasteiger partial charge in [0.2, 0.25) is 11.8 Å². The molecule has 1 unspecified atom stereocenters. The predicted octanol–water partition coefficient (Wildman–Crippen LogP) is 6.69. The van der Waals surface area contributed by atoms with Gasteiger partial charge in [0.05, 0.1) is 30.6 Å². The van der Waals surface area contributed by atoms with Crippen LogP contribution in [-0.2, 0) is 59.4 Å². The molecule has 2 aromatic heterocycles. The lowest BCUT2D eigenvalue weighted by atomic mass is 9.84. The molecule has 5 heterocycles. The number of phenols is 1. The van der Waals surface area contributed by atoms with Gasteiger partial charge < -0.3 is 34.3 Å². The first-order valence-corrected chi connectivity index (χ1v) is 25.0. The summed E-state index contributed by atoms with van der Waals surface area (Å²) >= 11 is 0. The lowest BCUT2D eigenvalue weighted by molar-refractivity contribution is -0.155. The number of amides is 4. The topological polar surface area (TPSA) is 179 Å². The highest BCUT2D eigenvalue weighted by Crippen LogP contribution is 2.42. The van der Waals surface area contributed by atoms with Gasteiger partial charge in [-0.15, -0.1) is 0 Å². The van der Waals surface area contributed by atoms with Crippen molar-refractivity contribution >= 4 is 40.5 Å². The van der Waals surface area contributed by atoms with Gasteiger partial charge in [0, 0.05) is 87.4 Å². The summed E-state index contributed by atoms with van der Waals surface area (Å²) in [5, 5.41) is 16.6. The first-order chi connectivity index (χ1) is 34.8. The van der Waals surface area contributed by atoms with Crippen molar-refractivity contribution in [1.82, 2.24) is 40.0 Å². The summed E-state index contributed by atoms with van der Waals surface area (Å²) in [5.41, 5.74) is 10.2. The van der Waals surface area contributed by atoms with Crippen molar-refractivity contribution in [3.63, 3.8) is 0 Å². The fourth-order valence-corrected chi connectivity index (χ4v) is 10.2. The number of aryl methyl sites for hydroxylation is 1. The van der Waals surface area contributed by atoms with Crippen molar-refractivity contribution in [2.45, 2.75) is 105 Å². The number of hydrazine groups is 1. The quantitative estimate of drug-likeness (QED) is 0.0690. The van der Waals surface area contributed by atoms with Crippen LogP contribution >= 0.6 is 0 Å². The number of methoxy groups -OCH3 is 1. The molecule has 5 atom stereocenters. The van der Waals surface area contributed by atoms with E-state index in [-0.39, 0.29) is 61.9 Å². The van der Waals surface area contributed by atoms with E-state index in [1.54, 1.807) is 57.5 Å². The molecule has 16 nitrogen and oxygen atoms in total. The number of aromatic hydroxyl groups is 1. The Hall–Kier alpha value is -6.95. The Labute approximate surface area is 426 Å². The number of cyclic esters (lactones) is 1. The minimum atomic E-state index is -1.25. The van der Waals surface area contributed by atoms with Crippen LogP contribution in [0.1, 0.15) is 82.9 Å². The van der Waals surface area contributed by atoms with Gasteiger partial charge in [0.1, 0.15) is 35.4 Å². The van der Waals surface area contributed by atoms with Crippen LogP contribution in [0.25, 0.3) is 33.3 Å². The number of halogens is 1. The Morgan fingerprint density at radius 3 is 2.53 bits per heavy atom. The van der Waals surface area contributed by atoms with Crippen molar-refractivity contribution in [3.05, 3.63) is 118 Å². The highest BCUT2D eigenvalue weighted by atomic mass is 19.1. The molecule has 3 aliphatic rings. The second kappa shape index (κ2) is 21.6. The lowest BCUT2D eigenvalue weighted by Crippen LogP contribution is -2.60. The van der Waals surface area contributed by atoms with E-state index >= 15 is 0 Å². The molecule has 17 heteroatoms. The molecule has 2 saturated heterocycles. The Balaban J connectivity index is 1.12. The Morgan fingerprint density at radius 2 is 1.81 bits per heavy atom. The molecule has 5 aromatic rings. The van der Waals surface area contributed by atoms with E-state index in [4.69, 9.17) is 14.5 Å². The number of fused-ring (bicyclic) bond motifs is 6. The molecule has 3 aromatic carbocycles. The van der Waals surface area contributed by atoms with E-state index in [1.807, 2.05) is 30.0 Å². The van der Waals surface area contributed by atoms with Gasteiger partial charge >= 0.3 is 5.97 Å². The molecule has 6 bridgehead atoms. The maximum Gasteiger partial charge on any atom is 0.324 e. The lowest BCUT2D eigenvalue weighted by Gasteiger charge is -2.36. The molecule has 386 valence electrons. The van der Waals surface area contributed by atoms with Gasteiger partial charge in [0.25, 0.3) is 11.8 Å². The van der Waals surface area contributed by atoms with E-state index < -0.39 is 47.2 Å². The summed E-state index contributed by atoms with van der Waals surface area (Å²) in [6, 6.07) is 19.0. The van der Waals surface area contributed by atoms with Crippen LogP contribution in [0.15, 0.2) is 90.3 Å². The molecule has 2 fully saturated rings. The van der Waals surface area contributed by atoms with E-state index in [9.17, 15) is 33.5 Å². The number of pyridine rings is 1. The van der Waals surface area contributed by atoms with Gasteiger partial charge in [-0.2, -0.15) is 0 Å². The zero-order valence-electron chi connectivity index (χ0n) is 43.3. The molecule has 73 heavy (non-hydrogen) atoms. The Morgan fingerprint density at radius 1 is 1.04 bits per heavy atom. The van der Waals surface area contributed by atoms with Crippen molar-refractivity contribution in [2.24, 2.45) is 5.41 Å². The van der Waals surface area contributed by atoms with E-state index in [1.165, 1.54) is 35.0 Å². The number of carbonyl (C=O) groups is 5. The van der Waals surface area contributed by atoms with Crippen LogP contribution in [0.3, 0.4) is 0 Å². The average molecular weight is 999 g/mol. The second-order valence-electron chi connectivity index (χ2n) is 20.5. The first kappa shape index (κ1) is 52.4. The van der Waals surface area contributed by atoms with E-state index in [2.05, 4.69) is 54.3 Å².